The summed E-state index contributed by atoms with van der Waals surface area (Å²) in [5.41, 5.74) is 0. The molecule has 0 rings (SSSR count). The van der Waals surface area contributed by atoms with Crippen LogP contribution in [0.4, 0.5) is 0 Å². The zero-order valence-corrected chi connectivity index (χ0v) is 39.3. The standard InChI is InChI=1S/C53H96O6/c1-4-7-10-13-16-19-22-25-26-27-28-29-32-34-37-40-43-46-52(55)58-49-50(59-53(56)47-44-41-38-35-31-24-21-18-15-12-9-6-3)48-57-51(54)45-42-39-36-33-30-23-20-17-14-11-8-5-2/h9,12,17-18,20-21,50H,4-8,10-11,13-16,19,22-49H2,1-3H3/b12-9-,20-17-,21-18-. The fourth-order valence-electron chi connectivity index (χ4n) is 7.30. The highest BCUT2D eigenvalue weighted by atomic mass is 16.6. The highest BCUT2D eigenvalue weighted by molar-refractivity contribution is 5.71. The van der Waals surface area contributed by atoms with Crippen LogP contribution in [0, 0.1) is 0 Å². The summed E-state index contributed by atoms with van der Waals surface area (Å²) in [4.78, 5) is 37.9. The van der Waals surface area contributed by atoms with E-state index in [1.807, 2.05) is 0 Å². The zero-order valence-electron chi connectivity index (χ0n) is 39.3. The molecule has 0 aromatic rings. The molecule has 0 aliphatic rings. The van der Waals surface area contributed by atoms with E-state index >= 15 is 0 Å². The van der Waals surface area contributed by atoms with Crippen molar-refractivity contribution in [1.82, 2.24) is 0 Å². The van der Waals surface area contributed by atoms with E-state index in [9.17, 15) is 14.4 Å². The van der Waals surface area contributed by atoms with Crippen LogP contribution >= 0.6 is 0 Å². The Morgan fingerprint density at radius 1 is 0.356 bits per heavy atom. The van der Waals surface area contributed by atoms with Gasteiger partial charge < -0.3 is 14.2 Å². The minimum absolute atomic E-state index is 0.0778. The largest absolute Gasteiger partial charge is 0.462 e. The molecule has 0 N–H and O–H groups in total. The summed E-state index contributed by atoms with van der Waals surface area (Å²) in [6, 6.07) is 0. The molecule has 1 atom stereocenters. The van der Waals surface area contributed by atoms with Crippen LogP contribution in [-0.2, 0) is 28.6 Å². The molecule has 0 heterocycles. The Morgan fingerprint density at radius 2 is 0.661 bits per heavy atom. The summed E-state index contributed by atoms with van der Waals surface area (Å²) in [6.45, 7) is 6.50. The quantitative estimate of drug-likeness (QED) is 0.0263. The van der Waals surface area contributed by atoms with Crippen molar-refractivity contribution in [2.45, 2.75) is 271 Å². The lowest BCUT2D eigenvalue weighted by Gasteiger charge is -2.18. The first kappa shape index (κ1) is 56.6. The molecule has 0 aliphatic heterocycles. The number of allylic oxidation sites excluding steroid dienone is 6. The summed E-state index contributed by atoms with van der Waals surface area (Å²) in [6.07, 6.45) is 55.6. The maximum Gasteiger partial charge on any atom is 0.306 e. The van der Waals surface area contributed by atoms with Gasteiger partial charge in [-0.05, 0) is 70.6 Å². The number of hydrogen-bond acceptors (Lipinski definition) is 6. The maximum atomic E-state index is 12.7. The molecule has 0 radical (unpaired) electrons. The van der Waals surface area contributed by atoms with Gasteiger partial charge in [-0.15, -0.1) is 0 Å². The topological polar surface area (TPSA) is 78.9 Å². The Morgan fingerprint density at radius 3 is 1.07 bits per heavy atom. The molecule has 6 nitrogen and oxygen atoms in total. The lowest BCUT2D eigenvalue weighted by molar-refractivity contribution is -0.167. The second-order valence-electron chi connectivity index (χ2n) is 17.1. The number of carbonyl (C=O) groups is 3. The van der Waals surface area contributed by atoms with Crippen LogP contribution < -0.4 is 0 Å². The molecule has 344 valence electrons. The van der Waals surface area contributed by atoms with E-state index in [0.717, 1.165) is 96.3 Å². The average Bonchev–Trinajstić information content (AvgIpc) is 3.23. The average molecular weight is 829 g/mol. The van der Waals surface area contributed by atoms with E-state index in [4.69, 9.17) is 14.2 Å². The number of carbonyl (C=O) groups excluding carboxylic acids is 3. The molecule has 0 bridgehead atoms. The molecule has 0 saturated carbocycles. The Kier molecular flexibility index (Phi) is 46.4. The van der Waals surface area contributed by atoms with Crippen molar-refractivity contribution >= 4 is 17.9 Å². The molecule has 0 amide bonds. The Hall–Kier alpha value is -2.37. The van der Waals surface area contributed by atoms with E-state index in [0.29, 0.717) is 19.3 Å². The van der Waals surface area contributed by atoms with Gasteiger partial charge in [0.15, 0.2) is 6.10 Å². The number of esters is 3. The van der Waals surface area contributed by atoms with E-state index in [-0.39, 0.29) is 31.1 Å². The van der Waals surface area contributed by atoms with Gasteiger partial charge in [-0.25, -0.2) is 0 Å². The van der Waals surface area contributed by atoms with Crippen molar-refractivity contribution in [3.05, 3.63) is 36.5 Å². The van der Waals surface area contributed by atoms with Gasteiger partial charge in [0.25, 0.3) is 0 Å². The third-order valence-electron chi connectivity index (χ3n) is 11.1. The third-order valence-corrected chi connectivity index (χ3v) is 11.1. The molecule has 0 spiro atoms. The first-order valence-electron chi connectivity index (χ1n) is 25.5. The number of rotatable bonds is 46. The van der Waals surface area contributed by atoms with Gasteiger partial charge in [-0.1, -0.05) is 211 Å². The van der Waals surface area contributed by atoms with Crippen molar-refractivity contribution in [1.29, 1.82) is 0 Å². The van der Waals surface area contributed by atoms with Gasteiger partial charge in [0.05, 0.1) is 0 Å². The monoisotopic (exact) mass is 829 g/mol. The van der Waals surface area contributed by atoms with Gasteiger partial charge in [-0.3, -0.25) is 14.4 Å². The number of ether oxygens (including phenoxy) is 3. The first-order valence-corrected chi connectivity index (χ1v) is 25.5. The van der Waals surface area contributed by atoms with Crippen LogP contribution in [0.15, 0.2) is 36.5 Å². The molecule has 0 aliphatic carbocycles. The van der Waals surface area contributed by atoms with Crippen molar-refractivity contribution in [3.63, 3.8) is 0 Å². The molecular weight excluding hydrogens is 733 g/mol. The fraction of sp³-hybridized carbons (Fsp3) is 0.830. The molecule has 0 aromatic carbocycles. The van der Waals surface area contributed by atoms with E-state index in [1.165, 1.54) is 128 Å². The highest BCUT2D eigenvalue weighted by Crippen LogP contribution is 2.16. The van der Waals surface area contributed by atoms with Gasteiger partial charge in [0.2, 0.25) is 0 Å². The molecule has 1 unspecified atom stereocenters. The summed E-state index contributed by atoms with van der Waals surface area (Å²) < 4.78 is 16.8. The van der Waals surface area contributed by atoms with Crippen LogP contribution in [0.5, 0.6) is 0 Å². The molecule has 59 heavy (non-hydrogen) atoms. The first-order chi connectivity index (χ1) is 29.0. The van der Waals surface area contributed by atoms with Crippen molar-refractivity contribution in [2.24, 2.45) is 0 Å². The second-order valence-corrected chi connectivity index (χ2v) is 17.1. The molecule has 6 heteroatoms. The smallest absolute Gasteiger partial charge is 0.306 e. The van der Waals surface area contributed by atoms with Gasteiger partial charge >= 0.3 is 17.9 Å². The third kappa shape index (κ3) is 46.5. The predicted molar refractivity (Wildman–Crippen MR) is 252 cm³/mol. The lowest BCUT2D eigenvalue weighted by Crippen LogP contribution is -2.30. The Bertz CT molecular complexity index is 1000. The summed E-state index contributed by atoms with van der Waals surface area (Å²) in [5.74, 6) is -0.894. The number of unbranched alkanes of at least 4 members (excludes halogenated alkanes) is 29. The Labute approximate surface area is 365 Å². The second kappa shape index (κ2) is 48.3. The fourth-order valence-corrected chi connectivity index (χ4v) is 7.30. The van der Waals surface area contributed by atoms with Crippen LogP contribution in [0.2, 0.25) is 0 Å². The van der Waals surface area contributed by atoms with E-state index < -0.39 is 6.10 Å². The highest BCUT2D eigenvalue weighted by Gasteiger charge is 2.19. The SMILES string of the molecule is CC/C=C\C/C=C\CCCCCCCC(=O)OC(COC(=O)CCCCCCC/C=C\CCCCC)COC(=O)CCCCCCCCCCCCCCCCCCC. The van der Waals surface area contributed by atoms with Crippen LogP contribution in [-0.4, -0.2) is 37.2 Å². The van der Waals surface area contributed by atoms with E-state index in [1.54, 1.807) is 0 Å². The predicted octanol–water partition coefficient (Wildman–Crippen LogP) is 16.5. The molecule has 0 fully saturated rings. The van der Waals surface area contributed by atoms with Gasteiger partial charge in [0, 0.05) is 19.3 Å². The Balaban J connectivity index is 4.33. The van der Waals surface area contributed by atoms with E-state index in [2.05, 4.69) is 57.2 Å². The summed E-state index contributed by atoms with van der Waals surface area (Å²) >= 11 is 0. The van der Waals surface area contributed by atoms with Gasteiger partial charge in [0.1, 0.15) is 13.2 Å². The van der Waals surface area contributed by atoms with Crippen molar-refractivity contribution < 1.29 is 28.6 Å². The maximum absolute atomic E-state index is 12.7. The van der Waals surface area contributed by atoms with Crippen molar-refractivity contribution in [3.8, 4) is 0 Å². The minimum atomic E-state index is -0.778. The van der Waals surface area contributed by atoms with Gasteiger partial charge in [-0.2, -0.15) is 0 Å². The van der Waals surface area contributed by atoms with Crippen molar-refractivity contribution in [2.75, 3.05) is 13.2 Å². The normalized spacial score (nSPS) is 12.3. The molecule has 0 saturated heterocycles. The van der Waals surface area contributed by atoms with Crippen LogP contribution in [0.25, 0.3) is 0 Å². The zero-order chi connectivity index (χ0) is 43.0. The molecular formula is C53H96O6. The number of hydrogen-bond donors (Lipinski definition) is 0. The summed E-state index contributed by atoms with van der Waals surface area (Å²) in [7, 11) is 0. The summed E-state index contributed by atoms with van der Waals surface area (Å²) in [5, 5.41) is 0. The minimum Gasteiger partial charge on any atom is -0.462 e. The lowest BCUT2D eigenvalue weighted by atomic mass is 10.0. The molecule has 0 aromatic heterocycles. The van der Waals surface area contributed by atoms with Crippen LogP contribution in [0.3, 0.4) is 0 Å². The van der Waals surface area contributed by atoms with Crippen LogP contribution in [0.1, 0.15) is 265 Å².